The Kier molecular flexibility index (Phi) is 3.48. The second kappa shape index (κ2) is 4.86. The molecule has 5 heteroatoms. The minimum absolute atomic E-state index is 0.445. The molecule has 2 aromatic rings. The highest BCUT2D eigenvalue weighted by Crippen LogP contribution is 2.23. The average molecular weight is 252 g/mol. The highest BCUT2D eigenvalue weighted by molar-refractivity contribution is 7.71. The third-order valence-corrected chi connectivity index (χ3v) is 3.19. The van der Waals surface area contributed by atoms with Gasteiger partial charge in [-0.1, -0.05) is 12.2 Å². The Morgan fingerprint density at radius 2 is 2.31 bits per heavy atom. The summed E-state index contributed by atoms with van der Waals surface area (Å²) in [6.45, 7) is 2.53. The summed E-state index contributed by atoms with van der Waals surface area (Å²) in [7, 11) is 1.64. The zero-order valence-corrected chi connectivity index (χ0v) is 10.7. The van der Waals surface area contributed by atoms with Crippen molar-refractivity contribution in [3.05, 3.63) is 32.9 Å². The number of hydrogen-bond acceptors (Lipinski definition) is 4. The molecule has 16 heavy (non-hydrogen) atoms. The fraction of sp³-hybridized carbons (Fsp3) is 0.273. The molecule has 0 radical (unpaired) electrons. The van der Waals surface area contributed by atoms with Crippen LogP contribution < -0.4 is 0 Å². The van der Waals surface area contributed by atoms with Crippen LogP contribution in [0.1, 0.15) is 10.7 Å². The van der Waals surface area contributed by atoms with Crippen LogP contribution in [0, 0.1) is 11.6 Å². The summed E-state index contributed by atoms with van der Waals surface area (Å²) in [5, 5.41) is 2.10. The van der Waals surface area contributed by atoms with Gasteiger partial charge < -0.3 is 9.72 Å². The summed E-state index contributed by atoms with van der Waals surface area (Å²) in [5.41, 5.74) is 2.14. The molecule has 0 aliphatic rings. The van der Waals surface area contributed by atoms with Gasteiger partial charge in [-0.25, -0.2) is 4.98 Å². The maximum Gasteiger partial charge on any atom is 0.134 e. The fourth-order valence-corrected chi connectivity index (χ4v) is 2.38. The van der Waals surface area contributed by atoms with Crippen LogP contribution in [-0.2, 0) is 11.3 Å². The molecule has 0 aromatic carbocycles. The molecule has 0 amide bonds. The number of aryl methyl sites for hydroxylation is 1. The van der Waals surface area contributed by atoms with E-state index in [1.807, 2.05) is 6.07 Å². The molecule has 0 aliphatic carbocycles. The van der Waals surface area contributed by atoms with Gasteiger partial charge in [0.25, 0.3) is 0 Å². The molecule has 0 saturated heterocycles. The van der Waals surface area contributed by atoms with E-state index in [0.29, 0.717) is 11.2 Å². The quantitative estimate of drug-likeness (QED) is 0.852. The van der Waals surface area contributed by atoms with Gasteiger partial charge in [-0.05, 0) is 19.1 Å². The van der Waals surface area contributed by atoms with Gasteiger partial charge in [0.05, 0.1) is 5.69 Å². The lowest BCUT2D eigenvalue weighted by Crippen LogP contribution is -1.98. The topological polar surface area (TPSA) is 37.9 Å². The van der Waals surface area contributed by atoms with Gasteiger partial charge >= 0.3 is 0 Å². The second-order valence-electron chi connectivity index (χ2n) is 3.46. The van der Waals surface area contributed by atoms with Crippen LogP contribution in [0.2, 0.25) is 0 Å². The molecule has 0 spiro atoms. The van der Waals surface area contributed by atoms with Gasteiger partial charge in [-0.2, -0.15) is 0 Å². The van der Waals surface area contributed by atoms with Crippen LogP contribution in [-0.4, -0.2) is 17.1 Å². The zero-order chi connectivity index (χ0) is 11.5. The molecule has 0 saturated carbocycles. The third-order valence-electron chi connectivity index (χ3n) is 2.11. The van der Waals surface area contributed by atoms with E-state index in [0.717, 1.165) is 17.1 Å². The van der Waals surface area contributed by atoms with E-state index in [1.165, 1.54) is 4.88 Å². The predicted molar refractivity (Wildman–Crippen MR) is 68.2 cm³/mol. The average Bonchev–Trinajstić information content (AvgIpc) is 2.64. The van der Waals surface area contributed by atoms with Crippen LogP contribution in [0.15, 0.2) is 17.5 Å². The summed E-state index contributed by atoms with van der Waals surface area (Å²) in [4.78, 5) is 8.69. The zero-order valence-electron chi connectivity index (χ0n) is 9.11. The lowest BCUT2D eigenvalue weighted by molar-refractivity contribution is 0.178. The molecule has 2 rings (SSSR count). The van der Waals surface area contributed by atoms with E-state index in [2.05, 4.69) is 28.3 Å². The number of hydrogen-bond donors (Lipinski definition) is 1. The van der Waals surface area contributed by atoms with E-state index in [4.69, 9.17) is 17.0 Å². The Bertz CT molecular complexity index is 545. The molecular formula is C11H12N2OS2. The summed E-state index contributed by atoms with van der Waals surface area (Å²) in [6.07, 6.45) is 0. The molecule has 84 valence electrons. The first-order chi connectivity index (χ1) is 7.69. The SMILES string of the molecule is COCc1nc(=S)cc(-c2csc(C)c2)[nH]1. The van der Waals surface area contributed by atoms with Crippen molar-refractivity contribution in [2.24, 2.45) is 0 Å². The number of methoxy groups -OCH3 is 1. The van der Waals surface area contributed by atoms with Crippen molar-refractivity contribution in [3.63, 3.8) is 0 Å². The Morgan fingerprint density at radius 3 is 2.94 bits per heavy atom. The van der Waals surface area contributed by atoms with E-state index in [1.54, 1.807) is 18.4 Å². The van der Waals surface area contributed by atoms with Crippen molar-refractivity contribution < 1.29 is 4.74 Å². The Morgan fingerprint density at radius 1 is 1.50 bits per heavy atom. The summed E-state index contributed by atoms with van der Waals surface area (Å²) in [6, 6.07) is 4.00. The standard InChI is InChI=1S/C11H12N2OS2/c1-7-3-8(6-16-7)9-4-11(15)13-10(12-9)5-14-2/h3-4,6H,5H2,1-2H3,(H,12,13,15). The van der Waals surface area contributed by atoms with Crippen LogP contribution in [0.3, 0.4) is 0 Å². The smallest absolute Gasteiger partial charge is 0.134 e. The number of H-pyrrole nitrogens is 1. The van der Waals surface area contributed by atoms with Gasteiger partial charge in [0.1, 0.15) is 17.1 Å². The second-order valence-corrected chi connectivity index (χ2v) is 4.99. The number of aromatic amines is 1. The molecule has 0 unspecified atom stereocenters. The fourth-order valence-electron chi connectivity index (χ4n) is 1.45. The molecule has 0 bridgehead atoms. The molecule has 2 aromatic heterocycles. The number of ether oxygens (including phenoxy) is 1. The first-order valence-corrected chi connectivity index (χ1v) is 6.12. The van der Waals surface area contributed by atoms with Crippen LogP contribution in [0.4, 0.5) is 0 Å². The molecule has 0 fully saturated rings. The first kappa shape index (κ1) is 11.4. The first-order valence-electron chi connectivity index (χ1n) is 4.84. The van der Waals surface area contributed by atoms with E-state index < -0.39 is 0 Å². The van der Waals surface area contributed by atoms with E-state index >= 15 is 0 Å². The summed E-state index contributed by atoms with van der Waals surface area (Å²) in [5.74, 6) is 0.758. The van der Waals surface area contributed by atoms with Crippen LogP contribution in [0.25, 0.3) is 11.3 Å². The number of nitrogens with zero attached hydrogens (tertiary/aromatic N) is 1. The van der Waals surface area contributed by atoms with Crippen LogP contribution in [0.5, 0.6) is 0 Å². The van der Waals surface area contributed by atoms with Crippen LogP contribution >= 0.6 is 23.6 Å². The van der Waals surface area contributed by atoms with Gasteiger partial charge in [0.15, 0.2) is 0 Å². The Hall–Kier alpha value is -1.04. The third kappa shape index (κ3) is 2.55. The molecule has 1 N–H and O–H groups in total. The van der Waals surface area contributed by atoms with Crippen molar-refractivity contribution in [2.75, 3.05) is 7.11 Å². The van der Waals surface area contributed by atoms with Crippen molar-refractivity contribution in [1.82, 2.24) is 9.97 Å². The van der Waals surface area contributed by atoms with E-state index in [-0.39, 0.29) is 0 Å². The molecule has 2 heterocycles. The van der Waals surface area contributed by atoms with Crippen molar-refractivity contribution in [3.8, 4) is 11.3 Å². The maximum atomic E-state index is 5.12. The number of thiophene rings is 1. The molecule has 3 nitrogen and oxygen atoms in total. The van der Waals surface area contributed by atoms with Crippen molar-refractivity contribution in [2.45, 2.75) is 13.5 Å². The minimum Gasteiger partial charge on any atom is -0.377 e. The van der Waals surface area contributed by atoms with Gasteiger partial charge in [0.2, 0.25) is 0 Å². The Balaban J connectivity index is 2.44. The number of aromatic nitrogens is 2. The lowest BCUT2D eigenvalue weighted by atomic mass is 10.2. The maximum absolute atomic E-state index is 5.12. The monoisotopic (exact) mass is 252 g/mol. The predicted octanol–water partition coefficient (Wildman–Crippen LogP) is 3.32. The highest BCUT2D eigenvalue weighted by atomic mass is 32.1. The lowest BCUT2D eigenvalue weighted by Gasteiger charge is -2.03. The summed E-state index contributed by atoms with van der Waals surface area (Å²) >= 11 is 6.84. The Labute approximate surface area is 103 Å². The largest absolute Gasteiger partial charge is 0.377 e. The van der Waals surface area contributed by atoms with Crippen molar-refractivity contribution >= 4 is 23.6 Å². The highest BCUT2D eigenvalue weighted by Gasteiger charge is 2.03. The van der Waals surface area contributed by atoms with E-state index in [9.17, 15) is 0 Å². The van der Waals surface area contributed by atoms with Gasteiger partial charge in [-0.3, -0.25) is 0 Å². The minimum atomic E-state index is 0.445. The van der Waals surface area contributed by atoms with Gasteiger partial charge in [0, 0.05) is 22.9 Å². The normalized spacial score (nSPS) is 10.6. The number of rotatable bonds is 3. The summed E-state index contributed by atoms with van der Waals surface area (Å²) < 4.78 is 5.63. The van der Waals surface area contributed by atoms with Crippen molar-refractivity contribution in [1.29, 1.82) is 0 Å². The molecular weight excluding hydrogens is 240 g/mol. The molecule has 0 atom stereocenters. The number of nitrogens with one attached hydrogen (secondary N) is 1. The molecule has 0 aliphatic heterocycles. The van der Waals surface area contributed by atoms with Gasteiger partial charge in [-0.15, -0.1) is 11.3 Å².